The molecular formula is C10H10F3NO4S. The molecule has 2 N–H and O–H groups in total. The molecule has 0 aromatic heterocycles. The molecule has 0 fully saturated rings. The number of hydrogen-bond acceptors (Lipinski definition) is 3. The first-order valence-electron chi connectivity index (χ1n) is 4.95. The van der Waals surface area contributed by atoms with E-state index in [1.165, 1.54) is 0 Å². The van der Waals surface area contributed by atoms with Crippen molar-refractivity contribution in [2.45, 2.75) is 12.7 Å². The highest BCUT2D eigenvalue weighted by molar-refractivity contribution is 7.90. The van der Waals surface area contributed by atoms with Gasteiger partial charge in [0.05, 0.1) is 5.56 Å². The van der Waals surface area contributed by atoms with Gasteiger partial charge in [-0.3, -0.25) is 4.79 Å². The molecule has 1 rings (SSSR count). The summed E-state index contributed by atoms with van der Waals surface area (Å²) >= 11 is 0. The second kappa shape index (κ2) is 5.57. The largest absolute Gasteiger partial charge is 0.480 e. The van der Waals surface area contributed by atoms with E-state index < -0.39 is 33.5 Å². The number of benzene rings is 1. The average molecular weight is 297 g/mol. The molecule has 0 saturated heterocycles. The maximum absolute atomic E-state index is 12.3. The van der Waals surface area contributed by atoms with Crippen molar-refractivity contribution in [2.24, 2.45) is 0 Å². The number of alkyl halides is 3. The molecule has 0 unspecified atom stereocenters. The fraction of sp³-hybridized carbons (Fsp3) is 0.300. The third kappa shape index (κ3) is 5.26. The summed E-state index contributed by atoms with van der Waals surface area (Å²) in [6.07, 6.45) is -4.46. The molecule has 1 aromatic carbocycles. The summed E-state index contributed by atoms with van der Waals surface area (Å²) in [6, 6.07) is 3.87. The topological polar surface area (TPSA) is 83.5 Å². The molecule has 0 aliphatic heterocycles. The lowest BCUT2D eigenvalue weighted by atomic mass is 10.1. The first-order valence-corrected chi connectivity index (χ1v) is 6.61. The fourth-order valence-corrected chi connectivity index (χ4v) is 2.03. The Morgan fingerprint density at radius 2 is 1.74 bits per heavy atom. The predicted molar refractivity (Wildman–Crippen MR) is 59.7 cm³/mol. The summed E-state index contributed by atoms with van der Waals surface area (Å²) in [5.74, 6) is -2.60. The summed E-state index contributed by atoms with van der Waals surface area (Å²) in [6.45, 7) is -0.270. The van der Waals surface area contributed by atoms with Gasteiger partial charge in [-0.15, -0.1) is 0 Å². The van der Waals surface area contributed by atoms with Crippen molar-refractivity contribution in [3.63, 3.8) is 0 Å². The van der Waals surface area contributed by atoms with Crippen LogP contribution in [0.1, 0.15) is 11.1 Å². The van der Waals surface area contributed by atoms with Gasteiger partial charge < -0.3 is 5.11 Å². The minimum absolute atomic E-state index is 0.270. The number of carbonyl (C=O) groups is 1. The SMILES string of the molecule is O=C(O)CS(=O)(=O)NCc1ccc(C(F)(F)F)cc1. The molecule has 106 valence electrons. The van der Waals surface area contributed by atoms with E-state index in [0.717, 1.165) is 24.3 Å². The number of sulfonamides is 1. The van der Waals surface area contributed by atoms with Crippen LogP contribution in [0.15, 0.2) is 24.3 Å². The molecule has 0 aliphatic rings. The summed E-state index contributed by atoms with van der Waals surface area (Å²) in [4.78, 5) is 10.2. The number of halogens is 3. The minimum atomic E-state index is -4.46. The zero-order chi connectivity index (χ0) is 14.7. The van der Waals surface area contributed by atoms with Crippen LogP contribution in [0.5, 0.6) is 0 Å². The van der Waals surface area contributed by atoms with Crippen LogP contribution < -0.4 is 4.72 Å². The number of hydrogen-bond donors (Lipinski definition) is 2. The van der Waals surface area contributed by atoms with E-state index in [1.807, 2.05) is 4.72 Å². The van der Waals surface area contributed by atoms with Crippen molar-refractivity contribution in [1.82, 2.24) is 4.72 Å². The molecule has 9 heteroatoms. The van der Waals surface area contributed by atoms with Crippen molar-refractivity contribution in [1.29, 1.82) is 0 Å². The Kier molecular flexibility index (Phi) is 4.53. The number of carboxylic acid groups (broad SMARTS) is 1. The van der Waals surface area contributed by atoms with E-state index in [-0.39, 0.29) is 6.54 Å². The third-order valence-electron chi connectivity index (χ3n) is 2.09. The molecule has 0 bridgehead atoms. The van der Waals surface area contributed by atoms with Gasteiger partial charge >= 0.3 is 12.1 Å². The summed E-state index contributed by atoms with van der Waals surface area (Å²) in [5.41, 5.74) is -0.549. The van der Waals surface area contributed by atoms with Gasteiger partial charge in [-0.1, -0.05) is 12.1 Å². The molecule has 1 aromatic rings. The van der Waals surface area contributed by atoms with Crippen LogP contribution in [0.4, 0.5) is 13.2 Å². The predicted octanol–water partition coefficient (Wildman–Crippen LogP) is 1.21. The number of nitrogens with one attached hydrogen (secondary N) is 1. The monoisotopic (exact) mass is 297 g/mol. The van der Waals surface area contributed by atoms with E-state index >= 15 is 0 Å². The average Bonchev–Trinajstić information content (AvgIpc) is 2.24. The lowest BCUT2D eigenvalue weighted by molar-refractivity contribution is -0.137. The first kappa shape index (κ1) is 15.4. The van der Waals surface area contributed by atoms with Gasteiger partial charge in [-0.25, -0.2) is 13.1 Å². The molecule has 0 radical (unpaired) electrons. The molecule has 0 spiro atoms. The quantitative estimate of drug-likeness (QED) is 0.855. The van der Waals surface area contributed by atoms with Gasteiger partial charge in [0.25, 0.3) is 0 Å². The zero-order valence-electron chi connectivity index (χ0n) is 9.44. The van der Waals surface area contributed by atoms with Crippen molar-refractivity contribution >= 4 is 16.0 Å². The number of rotatable bonds is 5. The minimum Gasteiger partial charge on any atom is -0.480 e. The van der Waals surface area contributed by atoms with Gasteiger partial charge in [0.1, 0.15) is 0 Å². The highest BCUT2D eigenvalue weighted by Crippen LogP contribution is 2.29. The number of carboxylic acids is 1. The van der Waals surface area contributed by atoms with Crippen molar-refractivity contribution in [2.75, 3.05) is 5.75 Å². The molecule has 0 saturated carbocycles. The first-order chi connectivity index (χ1) is 8.60. The smallest absolute Gasteiger partial charge is 0.416 e. The summed E-state index contributed by atoms with van der Waals surface area (Å²) in [5, 5.41) is 8.33. The van der Waals surface area contributed by atoms with E-state index in [0.29, 0.717) is 5.56 Å². The molecule has 0 heterocycles. The zero-order valence-corrected chi connectivity index (χ0v) is 10.3. The van der Waals surface area contributed by atoms with Gasteiger partial charge in [-0.05, 0) is 17.7 Å². The maximum atomic E-state index is 12.3. The van der Waals surface area contributed by atoms with Crippen LogP contribution in [-0.2, 0) is 27.5 Å². The Bertz CT molecular complexity index is 551. The van der Waals surface area contributed by atoms with Crippen LogP contribution in [0, 0.1) is 0 Å². The Balaban J connectivity index is 2.67. The third-order valence-corrected chi connectivity index (χ3v) is 3.30. The summed E-state index contributed by atoms with van der Waals surface area (Å²) < 4.78 is 61.1. The number of aliphatic carboxylic acids is 1. The van der Waals surface area contributed by atoms with Gasteiger partial charge in [0.15, 0.2) is 5.75 Å². The molecule has 5 nitrogen and oxygen atoms in total. The highest BCUT2D eigenvalue weighted by Gasteiger charge is 2.29. The molecule has 0 atom stereocenters. The molecule has 0 amide bonds. The Morgan fingerprint density at radius 1 is 1.21 bits per heavy atom. The van der Waals surface area contributed by atoms with Crippen LogP contribution in [0.3, 0.4) is 0 Å². The van der Waals surface area contributed by atoms with E-state index in [2.05, 4.69) is 0 Å². The Morgan fingerprint density at radius 3 is 2.16 bits per heavy atom. The fourth-order valence-electron chi connectivity index (χ4n) is 1.22. The van der Waals surface area contributed by atoms with Crippen molar-refractivity contribution in [3.8, 4) is 0 Å². The van der Waals surface area contributed by atoms with Gasteiger partial charge in [-0.2, -0.15) is 13.2 Å². The van der Waals surface area contributed by atoms with E-state index in [9.17, 15) is 26.4 Å². The molecule has 19 heavy (non-hydrogen) atoms. The highest BCUT2D eigenvalue weighted by atomic mass is 32.2. The second-order valence-electron chi connectivity index (χ2n) is 3.67. The van der Waals surface area contributed by atoms with Crippen molar-refractivity contribution < 1.29 is 31.5 Å². The standard InChI is InChI=1S/C10H10F3NO4S/c11-10(12,13)8-3-1-7(2-4-8)5-14-19(17,18)6-9(15)16/h1-4,14H,5-6H2,(H,15,16). The molecule has 0 aliphatic carbocycles. The Hall–Kier alpha value is -1.61. The normalized spacial score (nSPS) is 12.4. The Labute approximate surface area is 107 Å². The lowest BCUT2D eigenvalue weighted by Crippen LogP contribution is -2.29. The van der Waals surface area contributed by atoms with Gasteiger partial charge in [0.2, 0.25) is 10.0 Å². The summed E-state index contributed by atoms with van der Waals surface area (Å²) in [7, 11) is -3.99. The van der Waals surface area contributed by atoms with Crippen LogP contribution in [0.25, 0.3) is 0 Å². The van der Waals surface area contributed by atoms with E-state index in [1.54, 1.807) is 0 Å². The molecular weight excluding hydrogens is 287 g/mol. The van der Waals surface area contributed by atoms with E-state index in [4.69, 9.17) is 5.11 Å². The van der Waals surface area contributed by atoms with Crippen LogP contribution in [0.2, 0.25) is 0 Å². The van der Waals surface area contributed by atoms with Crippen LogP contribution >= 0.6 is 0 Å². The second-order valence-corrected chi connectivity index (χ2v) is 5.48. The maximum Gasteiger partial charge on any atom is 0.416 e. The van der Waals surface area contributed by atoms with Crippen molar-refractivity contribution in [3.05, 3.63) is 35.4 Å². The van der Waals surface area contributed by atoms with Gasteiger partial charge in [0, 0.05) is 6.54 Å². The lowest BCUT2D eigenvalue weighted by Gasteiger charge is -2.08. The van der Waals surface area contributed by atoms with Crippen LogP contribution in [-0.4, -0.2) is 25.2 Å².